The standard InChI is InChI=1S/C19H15N3O3S2/c1-2-11-25-15-5-3-13(4-6-15)12-16-18(24)22(19(26)27-16)21-17(23)14-7-9-20-10-8-14/h2-10,12H,1,11H2,(H,21,23). The van der Waals surface area contributed by atoms with Gasteiger partial charge in [0.25, 0.3) is 11.8 Å². The minimum atomic E-state index is -0.432. The second-order valence-corrected chi connectivity index (χ2v) is 7.04. The van der Waals surface area contributed by atoms with E-state index < -0.39 is 5.91 Å². The molecule has 1 aliphatic rings. The minimum absolute atomic E-state index is 0.264. The molecule has 1 aromatic carbocycles. The lowest BCUT2D eigenvalue weighted by molar-refractivity contribution is -0.123. The van der Waals surface area contributed by atoms with Crippen LogP contribution in [0.1, 0.15) is 15.9 Å². The number of benzene rings is 1. The molecule has 1 aliphatic heterocycles. The van der Waals surface area contributed by atoms with Crippen LogP contribution in [-0.4, -0.2) is 32.7 Å². The number of carbonyl (C=O) groups excluding carboxylic acids is 2. The molecule has 6 nitrogen and oxygen atoms in total. The number of carbonyl (C=O) groups is 2. The van der Waals surface area contributed by atoms with E-state index in [1.54, 1.807) is 36.4 Å². The fourth-order valence-corrected chi connectivity index (χ4v) is 3.38. The predicted molar refractivity (Wildman–Crippen MR) is 109 cm³/mol. The molecule has 136 valence electrons. The van der Waals surface area contributed by atoms with E-state index in [1.807, 2.05) is 12.1 Å². The Kier molecular flexibility index (Phi) is 6.00. The zero-order valence-electron chi connectivity index (χ0n) is 14.1. The summed E-state index contributed by atoms with van der Waals surface area (Å²) in [6.07, 6.45) is 6.39. The van der Waals surface area contributed by atoms with Crippen LogP contribution >= 0.6 is 24.0 Å². The highest BCUT2D eigenvalue weighted by molar-refractivity contribution is 8.26. The Morgan fingerprint density at radius 3 is 2.63 bits per heavy atom. The van der Waals surface area contributed by atoms with Crippen molar-refractivity contribution in [3.8, 4) is 5.75 Å². The van der Waals surface area contributed by atoms with Crippen LogP contribution < -0.4 is 10.2 Å². The number of rotatable bonds is 6. The van der Waals surface area contributed by atoms with Crippen LogP contribution in [0.5, 0.6) is 5.75 Å². The van der Waals surface area contributed by atoms with E-state index in [0.717, 1.165) is 22.3 Å². The summed E-state index contributed by atoms with van der Waals surface area (Å²) in [5.74, 6) is -0.0951. The Hall–Kier alpha value is -2.97. The van der Waals surface area contributed by atoms with Gasteiger partial charge in [0.2, 0.25) is 0 Å². The van der Waals surface area contributed by atoms with E-state index in [4.69, 9.17) is 17.0 Å². The molecule has 8 heteroatoms. The van der Waals surface area contributed by atoms with E-state index in [0.29, 0.717) is 22.8 Å². The third-order valence-corrected chi connectivity index (χ3v) is 4.80. The van der Waals surface area contributed by atoms with Crippen LogP contribution in [0.3, 0.4) is 0 Å². The van der Waals surface area contributed by atoms with E-state index >= 15 is 0 Å². The number of aromatic nitrogens is 1. The van der Waals surface area contributed by atoms with Gasteiger partial charge in [-0.25, -0.2) is 0 Å². The number of hydrogen-bond donors (Lipinski definition) is 1. The summed E-state index contributed by atoms with van der Waals surface area (Å²) in [7, 11) is 0. The van der Waals surface area contributed by atoms with Crippen molar-refractivity contribution in [1.82, 2.24) is 15.4 Å². The molecule has 1 saturated heterocycles. The zero-order chi connectivity index (χ0) is 19.2. The molecule has 0 unspecified atom stereocenters. The maximum absolute atomic E-state index is 12.6. The molecule has 1 N–H and O–H groups in total. The van der Waals surface area contributed by atoms with Gasteiger partial charge in [0.15, 0.2) is 4.32 Å². The summed E-state index contributed by atoms with van der Waals surface area (Å²) in [6.45, 7) is 4.03. The van der Waals surface area contributed by atoms with Gasteiger partial charge in [-0.1, -0.05) is 36.5 Å². The van der Waals surface area contributed by atoms with Crippen molar-refractivity contribution < 1.29 is 14.3 Å². The highest BCUT2D eigenvalue weighted by atomic mass is 32.2. The summed E-state index contributed by atoms with van der Waals surface area (Å²) >= 11 is 6.35. The number of nitrogens with zero attached hydrogens (tertiary/aromatic N) is 2. The Bertz CT molecular complexity index is 912. The molecule has 27 heavy (non-hydrogen) atoms. The fourth-order valence-electron chi connectivity index (χ4n) is 2.20. The monoisotopic (exact) mass is 397 g/mol. The second kappa shape index (κ2) is 8.61. The van der Waals surface area contributed by atoms with Crippen LogP contribution in [0.2, 0.25) is 0 Å². The number of thiocarbonyl (C=S) groups is 1. The molecular formula is C19H15N3O3S2. The number of hydrazine groups is 1. The maximum Gasteiger partial charge on any atom is 0.285 e. The quantitative estimate of drug-likeness (QED) is 0.459. The highest BCUT2D eigenvalue weighted by Gasteiger charge is 2.33. The fraction of sp³-hybridized carbons (Fsp3) is 0.0526. The normalized spacial score (nSPS) is 15.1. The molecule has 0 bridgehead atoms. The molecule has 0 spiro atoms. The Labute approximate surface area is 165 Å². The number of ether oxygens (including phenoxy) is 1. The molecule has 0 radical (unpaired) electrons. The smallest absolute Gasteiger partial charge is 0.285 e. The molecular weight excluding hydrogens is 382 g/mol. The third-order valence-electron chi connectivity index (χ3n) is 3.50. The number of hydrogen-bond acceptors (Lipinski definition) is 6. The molecule has 0 saturated carbocycles. The molecule has 0 aliphatic carbocycles. The first kappa shape index (κ1) is 18.8. The summed E-state index contributed by atoms with van der Waals surface area (Å²) in [5, 5.41) is 1.08. The number of pyridine rings is 1. The van der Waals surface area contributed by atoms with E-state index in [1.165, 1.54) is 12.4 Å². The van der Waals surface area contributed by atoms with Crippen molar-refractivity contribution in [2.45, 2.75) is 0 Å². The average molecular weight is 397 g/mol. The summed E-state index contributed by atoms with van der Waals surface area (Å²) in [6, 6.07) is 10.4. The van der Waals surface area contributed by atoms with Crippen LogP contribution in [0, 0.1) is 0 Å². The first-order valence-electron chi connectivity index (χ1n) is 7.91. The lowest BCUT2D eigenvalue weighted by Gasteiger charge is -2.15. The molecule has 3 rings (SSSR count). The predicted octanol–water partition coefficient (Wildman–Crippen LogP) is 3.19. The average Bonchev–Trinajstić information content (AvgIpc) is 2.95. The second-order valence-electron chi connectivity index (χ2n) is 5.36. The summed E-state index contributed by atoms with van der Waals surface area (Å²) in [4.78, 5) is 29.1. The molecule has 2 heterocycles. The summed E-state index contributed by atoms with van der Waals surface area (Å²) in [5.41, 5.74) is 3.74. The van der Waals surface area contributed by atoms with E-state index in [9.17, 15) is 9.59 Å². The molecule has 1 fully saturated rings. The molecule has 2 amide bonds. The van der Waals surface area contributed by atoms with Gasteiger partial charge in [-0.05, 0) is 48.1 Å². The van der Waals surface area contributed by atoms with E-state index in [-0.39, 0.29) is 10.2 Å². The summed E-state index contributed by atoms with van der Waals surface area (Å²) < 4.78 is 5.69. The van der Waals surface area contributed by atoms with Crippen molar-refractivity contribution in [1.29, 1.82) is 0 Å². The number of thioether (sulfide) groups is 1. The van der Waals surface area contributed by atoms with Crippen LogP contribution in [0.15, 0.2) is 66.4 Å². The van der Waals surface area contributed by atoms with Gasteiger partial charge in [-0.15, -0.1) is 0 Å². The topological polar surface area (TPSA) is 71.5 Å². The van der Waals surface area contributed by atoms with Gasteiger partial charge in [0, 0.05) is 18.0 Å². The van der Waals surface area contributed by atoms with E-state index in [2.05, 4.69) is 17.0 Å². The number of nitrogens with one attached hydrogen (secondary N) is 1. The van der Waals surface area contributed by atoms with Gasteiger partial charge in [-0.2, -0.15) is 5.01 Å². The van der Waals surface area contributed by atoms with Crippen molar-refractivity contribution in [3.05, 3.63) is 77.5 Å². The van der Waals surface area contributed by atoms with Crippen molar-refractivity contribution in [3.63, 3.8) is 0 Å². The lowest BCUT2D eigenvalue weighted by atomic mass is 10.2. The van der Waals surface area contributed by atoms with Crippen molar-refractivity contribution in [2.24, 2.45) is 0 Å². The third kappa shape index (κ3) is 4.60. The zero-order valence-corrected chi connectivity index (χ0v) is 15.8. The highest BCUT2D eigenvalue weighted by Crippen LogP contribution is 2.31. The van der Waals surface area contributed by atoms with Gasteiger partial charge < -0.3 is 4.74 Å². The van der Waals surface area contributed by atoms with Crippen LogP contribution in [0.4, 0.5) is 0 Å². The lowest BCUT2D eigenvalue weighted by Crippen LogP contribution is -2.44. The van der Waals surface area contributed by atoms with Crippen molar-refractivity contribution >= 4 is 46.2 Å². The Morgan fingerprint density at radius 2 is 1.96 bits per heavy atom. The first-order valence-corrected chi connectivity index (χ1v) is 9.13. The molecule has 0 atom stereocenters. The minimum Gasteiger partial charge on any atom is -0.490 e. The van der Waals surface area contributed by atoms with Gasteiger partial charge in [0.05, 0.1) is 4.91 Å². The Morgan fingerprint density at radius 1 is 1.26 bits per heavy atom. The first-order chi connectivity index (χ1) is 13.1. The van der Waals surface area contributed by atoms with Crippen molar-refractivity contribution in [2.75, 3.05) is 6.61 Å². The SMILES string of the molecule is C=CCOc1ccc(C=C2SC(=S)N(NC(=O)c3ccncc3)C2=O)cc1. The van der Waals surface area contributed by atoms with Gasteiger partial charge >= 0.3 is 0 Å². The van der Waals surface area contributed by atoms with Gasteiger partial charge in [-0.3, -0.25) is 20.0 Å². The number of amides is 2. The maximum atomic E-state index is 12.6. The Balaban J connectivity index is 1.70. The van der Waals surface area contributed by atoms with Crippen LogP contribution in [0.25, 0.3) is 6.08 Å². The molecule has 2 aromatic rings. The largest absolute Gasteiger partial charge is 0.490 e. The van der Waals surface area contributed by atoms with Crippen LogP contribution in [-0.2, 0) is 4.79 Å². The van der Waals surface area contributed by atoms with Gasteiger partial charge in [0.1, 0.15) is 12.4 Å². The molecule has 1 aromatic heterocycles.